The van der Waals surface area contributed by atoms with E-state index in [-0.39, 0.29) is 10.6 Å². The van der Waals surface area contributed by atoms with Gasteiger partial charge in [0.15, 0.2) is 4.80 Å². The third-order valence-corrected chi connectivity index (χ3v) is 6.16. The zero-order valence-electron chi connectivity index (χ0n) is 14.1. The number of hydrogen-bond acceptors (Lipinski definition) is 3. The number of rotatable bonds is 5. The quantitative estimate of drug-likeness (QED) is 0.429. The number of fused-ring (bicyclic) bond motifs is 1. The van der Waals surface area contributed by atoms with Crippen molar-refractivity contribution in [1.82, 2.24) is 4.57 Å². The molecule has 0 aliphatic carbocycles. The van der Waals surface area contributed by atoms with Gasteiger partial charge in [0.2, 0.25) is 0 Å². The van der Waals surface area contributed by atoms with Crippen molar-refractivity contribution in [3.63, 3.8) is 0 Å². The van der Waals surface area contributed by atoms with Gasteiger partial charge in [0, 0.05) is 18.2 Å². The zero-order valence-corrected chi connectivity index (χ0v) is 18.0. The molecular weight excluding hydrogens is 450 g/mol. The fourth-order valence-electron chi connectivity index (χ4n) is 2.50. The van der Waals surface area contributed by atoms with Crippen LogP contribution in [0.3, 0.4) is 0 Å². The van der Waals surface area contributed by atoms with Crippen LogP contribution >= 0.6 is 57.7 Å². The third-order valence-electron chi connectivity index (χ3n) is 3.75. The van der Waals surface area contributed by atoms with Gasteiger partial charge in [-0.05, 0) is 37.3 Å². The van der Waals surface area contributed by atoms with Crippen LogP contribution < -0.4 is 4.80 Å². The normalized spacial score (nSPS) is 12.1. The van der Waals surface area contributed by atoms with E-state index in [2.05, 4.69) is 4.99 Å². The summed E-state index contributed by atoms with van der Waals surface area (Å²) < 4.78 is 8.15. The molecule has 142 valence electrons. The number of ether oxygens (including phenoxy) is 1. The predicted molar refractivity (Wildman–Crippen MR) is 113 cm³/mol. The van der Waals surface area contributed by atoms with Gasteiger partial charge in [-0.25, -0.2) is 0 Å². The number of carbonyl (C=O) groups is 1. The summed E-state index contributed by atoms with van der Waals surface area (Å²) in [7, 11) is 0. The van der Waals surface area contributed by atoms with Gasteiger partial charge in [0.05, 0.1) is 37.5 Å². The number of carbonyl (C=O) groups excluding carboxylic acids is 1. The summed E-state index contributed by atoms with van der Waals surface area (Å²) >= 11 is 26.0. The van der Waals surface area contributed by atoms with Crippen molar-refractivity contribution in [2.45, 2.75) is 13.5 Å². The SMILES string of the molecule is CCOCCn1c(=NC(=O)c2cc(Cl)ccc2Cl)sc2ccc(Cl)c(Cl)c21. The molecule has 0 radical (unpaired) electrons. The number of thiazole rings is 1. The van der Waals surface area contributed by atoms with Crippen molar-refractivity contribution >= 4 is 73.9 Å². The number of benzene rings is 2. The second-order valence-electron chi connectivity index (χ2n) is 5.48. The van der Waals surface area contributed by atoms with E-state index in [1.54, 1.807) is 18.2 Å². The van der Waals surface area contributed by atoms with Crippen molar-refractivity contribution in [2.75, 3.05) is 13.2 Å². The van der Waals surface area contributed by atoms with E-state index in [1.165, 1.54) is 17.4 Å². The number of halogens is 4. The first kappa shape index (κ1) is 20.6. The molecule has 0 saturated heterocycles. The third kappa shape index (κ3) is 4.50. The summed E-state index contributed by atoms with van der Waals surface area (Å²) in [4.78, 5) is 17.4. The molecule has 2 aromatic carbocycles. The maximum Gasteiger partial charge on any atom is 0.281 e. The first-order valence-electron chi connectivity index (χ1n) is 8.01. The Morgan fingerprint density at radius 2 is 1.89 bits per heavy atom. The van der Waals surface area contributed by atoms with E-state index < -0.39 is 5.91 Å². The molecule has 0 aliphatic rings. The van der Waals surface area contributed by atoms with E-state index in [1.807, 2.05) is 17.6 Å². The lowest BCUT2D eigenvalue weighted by Gasteiger charge is -2.07. The minimum Gasteiger partial charge on any atom is -0.380 e. The van der Waals surface area contributed by atoms with Crippen molar-refractivity contribution in [1.29, 1.82) is 0 Å². The van der Waals surface area contributed by atoms with Crippen molar-refractivity contribution in [3.05, 3.63) is 60.8 Å². The Bertz CT molecular complexity index is 1080. The van der Waals surface area contributed by atoms with Gasteiger partial charge < -0.3 is 9.30 Å². The molecule has 3 aromatic rings. The molecule has 0 spiro atoms. The molecule has 1 aromatic heterocycles. The van der Waals surface area contributed by atoms with E-state index >= 15 is 0 Å². The zero-order chi connectivity index (χ0) is 19.6. The molecule has 0 fully saturated rings. The second-order valence-corrected chi connectivity index (χ2v) is 8.12. The second kappa shape index (κ2) is 8.95. The molecule has 0 N–H and O–H groups in total. The van der Waals surface area contributed by atoms with Crippen molar-refractivity contribution < 1.29 is 9.53 Å². The van der Waals surface area contributed by atoms with Crippen LogP contribution in [0.5, 0.6) is 0 Å². The largest absolute Gasteiger partial charge is 0.380 e. The minimum atomic E-state index is -0.485. The highest BCUT2D eigenvalue weighted by atomic mass is 35.5. The van der Waals surface area contributed by atoms with Gasteiger partial charge in [-0.3, -0.25) is 4.79 Å². The molecule has 0 aliphatic heterocycles. The maximum atomic E-state index is 12.7. The van der Waals surface area contributed by atoms with Crippen LogP contribution in [0.25, 0.3) is 10.2 Å². The summed E-state index contributed by atoms with van der Waals surface area (Å²) in [6.07, 6.45) is 0. The van der Waals surface area contributed by atoms with Gasteiger partial charge in [-0.15, -0.1) is 0 Å². The van der Waals surface area contributed by atoms with Crippen LogP contribution in [0.2, 0.25) is 20.1 Å². The van der Waals surface area contributed by atoms with E-state index in [0.29, 0.717) is 39.6 Å². The number of aromatic nitrogens is 1. The summed E-state index contributed by atoms with van der Waals surface area (Å²) in [5.41, 5.74) is 0.958. The first-order valence-corrected chi connectivity index (χ1v) is 10.3. The highest BCUT2D eigenvalue weighted by Crippen LogP contribution is 2.32. The molecule has 0 atom stereocenters. The molecule has 9 heteroatoms. The monoisotopic (exact) mass is 462 g/mol. The van der Waals surface area contributed by atoms with Gasteiger partial charge in [-0.2, -0.15) is 4.99 Å². The van der Waals surface area contributed by atoms with Crippen molar-refractivity contribution in [3.8, 4) is 0 Å². The smallest absolute Gasteiger partial charge is 0.281 e. The molecule has 1 amide bonds. The predicted octanol–water partition coefficient (Wildman–Crippen LogP) is 6.09. The number of hydrogen-bond donors (Lipinski definition) is 0. The molecular formula is C18H14Cl4N2O2S. The van der Waals surface area contributed by atoms with Crippen LogP contribution in [-0.4, -0.2) is 23.7 Å². The molecule has 4 nitrogen and oxygen atoms in total. The highest BCUT2D eigenvalue weighted by molar-refractivity contribution is 7.16. The van der Waals surface area contributed by atoms with Crippen LogP contribution in [0.1, 0.15) is 17.3 Å². The molecule has 1 heterocycles. The van der Waals surface area contributed by atoms with Crippen LogP contribution in [0.4, 0.5) is 0 Å². The average Bonchev–Trinajstić information content (AvgIpc) is 2.98. The number of amides is 1. The Balaban J connectivity index is 2.16. The fraction of sp³-hybridized carbons (Fsp3) is 0.222. The maximum absolute atomic E-state index is 12.7. The lowest BCUT2D eigenvalue weighted by Crippen LogP contribution is -2.20. The summed E-state index contributed by atoms with van der Waals surface area (Å²) in [6, 6.07) is 8.25. The van der Waals surface area contributed by atoms with Gasteiger partial charge >= 0.3 is 0 Å². The van der Waals surface area contributed by atoms with Gasteiger partial charge in [-0.1, -0.05) is 57.7 Å². The van der Waals surface area contributed by atoms with Gasteiger partial charge in [0.1, 0.15) is 0 Å². The molecule has 0 saturated carbocycles. The lowest BCUT2D eigenvalue weighted by molar-refractivity contribution is 0.0997. The lowest BCUT2D eigenvalue weighted by atomic mass is 10.2. The Morgan fingerprint density at radius 3 is 2.63 bits per heavy atom. The Morgan fingerprint density at radius 1 is 1.15 bits per heavy atom. The van der Waals surface area contributed by atoms with Crippen molar-refractivity contribution in [2.24, 2.45) is 4.99 Å². The highest BCUT2D eigenvalue weighted by Gasteiger charge is 2.15. The van der Waals surface area contributed by atoms with Gasteiger partial charge in [0.25, 0.3) is 5.91 Å². The number of nitrogens with zero attached hydrogens (tertiary/aromatic N) is 2. The van der Waals surface area contributed by atoms with E-state index in [4.69, 9.17) is 51.1 Å². The fourth-order valence-corrected chi connectivity index (χ4v) is 4.41. The average molecular weight is 464 g/mol. The minimum absolute atomic E-state index is 0.238. The summed E-state index contributed by atoms with van der Waals surface area (Å²) in [6.45, 7) is 3.42. The Hall–Kier alpha value is -1.08. The first-order chi connectivity index (χ1) is 12.9. The van der Waals surface area contributed by atoms with Crippen LogP contribution in [0, 0.1) is 0 Å². The Kier molecular flexibility index (Phi) is 6.84. The standard InChI is InChI=1S/C18H14Cl4N2O2S/c1-2-26-8-7-24-16-14(6-5-13(21)15(16)22)27-18(24)23-17(25)11-9-10(19)3-4-12(11)20/h3-6,9H,2,7-8H2,1H3. The molecule has 27 heavy (non-hydrogen) atoms. The molecule has 3 rings (SSSR count). The molecule has 0 unspecified atom stereocenters. The topological polar surface area (TPSA) is 43.6 Å². The van der Waals surface area contributed by atoms with E-state index in [0.717, 1.165) is 10.2 Å². The van der Waals surface area contributed by atoms with Crippen LogP contribution in [-0.2, 0) is 11.3 Å². The van der Waals surface area contributed by atoms with E-state index in [9.17, 15) is 4.79 Å². The summed E-state index contributed by atoms with van der Waals surface area (Å²) in [5.74, 6) is -0.485. The van der Waals surface area contributed by atoms with Crippen LogP contribution in [0.15, 0.2) is 35.3 Å². The summed E-state index contributed by atoms with van der Waals surface area (Å²) in [5, 5.41) is 1.55. The Labute approximate surface area is 179 Å². The molecule has 0 bridgehead atoms.